The highest BCUT2D eigenvalue weighted by molar-refractivity contribution is 5.65. The molecule has 210 valence electrons. The Labute approximate surface area is 236 Å². The lowest BCUT2D eigenvalue weighted by molar-refractivity contribution is 0.148. The predicted molar refractivity (Wildman–Crippen MR) is 156 cm³/mol. The van der Waals surface area contributed by atoms with E-state index in [9.17, 15) is 0 Å². The molecule has 1 unspecified atom stereocenters. The summed E-state index contributed by atoms with van der Waals surface area (Å²) in [5.41, 5.74) is 6.70. The van der Waals surface area contributed by atoms with Crippen molar-refractivity contribution in [3.05, 3.63) is 58.9 Å². The van der Waals surface area contributed by atoms with E-state index in [0.717, 1.165) is 92.9 Å². The van der Waals surface area contributed by atoms with Crippen LogP contribution in [-0.4, -0.2) is 92.8 Å². The van der Waals surface area contributed by atoms with Gasteiger partial charge in [-0.1, -0.05) is 6.07 Å². The third kappa shape index (κ3) is 5.38. The Bertz CT molecular complexity index is 1490. The van der Waals surface area contributed by atoms with Gasteiger partial charge >= 0.3 is 0 Å². The molecule has 0 N–H and O–H groups in total. The minimum atomic E-state index is 0.536. The lowest BCUT2D eigenvalue weighted by atomic mass is 9.96. The fourth-order valence-corrected chi connectivity index (χ4v) is 6.03. The number of fused-ring (bicyclic) bond motifs is 1. The number of methoxy groups -OCH3 is 1. The Kier molecular flexibility index (Phi) is 7.37. The van der Waals surface area contributed by atoms with E-state index in [1.165, 1.54) is 11.1 Å². The molecule has 2 aliphatic heterocycles. The van der Waals surface area contributed by atoms with Gasteiger partial charge in [-0.2, -0.15) is 10.1 Å². The summed E-state index contributed by atoms with van der Waals surface area (Å²) in [5, 5.41) is 4.53. The van der Waals surface area contributed by atoms with Gasteiger partial charge in [0.25, 0.3) is 5.78 Å². The predicted octanol–water partition coefficient (Wildman–Crippen LogP) is 3.33. The van der Waals surface area contributed by atoms with Gasteiger partial charge in [0, 0.05) is 57.2 Å². The van der Waals surface area contributed by atoms with E-state index in [1.807, 2.05) is 23.8 Å². The van der Waals surface area contributed by atoms with Crippen LogP contribution in [0.15, 0.2) is 30.6 Å². The molecule has 4 aromatic rings. The molecule has 3 aromatic heterocycles. The summed E-state index contributed by atoms with van der Waals surface area (Å²) in [6, 6.07) is 6.40. The second-order valence-corrected chi connectivity index (χ2v) is 11.3. The Balaban J connectivity index is 1.12. The Morgan fingerprint density at radius 1 is 0.975 bits per heavy atom. The number of aryl methyl sites for hydroxylation is 3. The van der Waals surface area contributed by atoms with Crippen LogP contribution >= 0.6 is 0 Å². The van der Waals surface area contributed by atoms with Gasteiger partial charge in [0.1, 0.15) is 11.6 Å². The molecular weight excluding hydrogens is 502 g/mol. The highest BCUT2D eigenvalue weighted by Gasteiger charge is 2.26. The molecule has 2 fully saturated rings. The third-order valence-electron chi connectivity index (χ3n) is 8.45. The average Bonchev–Trinajstić information content (AvgIpc) is 3.58. The number of anilines is 1. The smallest absolute Gasteiger partial charge is 0.252 e. The molecule has 0 saturated carbocycles. The standard InChI is InChI=1S/C30H39N9O/c1-20-27(21(2)39-30(33-20)34-22(3)35-39)14-24-8-9-38(19-24)25-16-31-29(32-17-25)26-7-6-23(15-28(26)40-5)18-37-12-10-36(4)11-13-37/h6-7,15-17,24H,8-14,18-19H2,1-5H3. The van der Waals surface area contributed by atoms with Crippen molar-refractivity contribution < 1.29 is 4.74 Å². The fraction of sp³-hybridized carbons (Fsp3) is 0.500. The molecule has 0 spiro atoms. The molecule has 1 atom stereocenters. The van der Waals surface area contributed by atoms with Crippen LogP contribution in [0.1, 0.15) is 34.8 Å². The number of rotatable bonds is 7. The third-order valence-corrected chi connectivity index (χ3v) is 8.45. The zero-order valence-corrected chi connectivity index (χ0v) is 24.3. The largest absolute Gasteiger partial charge is 0.496 e. The van der Waals surface area contributed by atoms with Gasteiger partial charge in [-0.3, -0.25) is 4.90 Å². The normalized spacial score (nSPS) is 18.6. The first-order valence-corrected chi connectivity index (χ1v) is 14.2. The van der Waals surface area contributed by atoms with Crippen LogP contribution < -0.4 is 9.64 Å². The van der Waals surface area contributed by atoms with Crippen molar-refractivity contribution in [2.45, 2.75) is 40.2 Å². The minimum Gasteiger partial charge on any atom is -0.496 e. The second-order valence-electron chi connectivity index (χ2n) is 11.3. The minimum absolute atomic E-state index is 0.536. The number of likely N-dealkylation sites (N-methyl/N-ethyl adjacent to an activating group) is 1. The first-order valence-electron chi connectivity index (χ1n) is 14.2. The second kappa shape index (κ2) is 11.1. The van der Waals surface area contributed by atoms with Crippen molar-refractivity contribution >= 4 is 11.5 Å². The number of aromatic nitrogens is 6. The molecule has 40 heavy (non-hydrogen) atoms. The molecule has 5 heterocycles. The lowest BCUT2D eigenvalue weighted by Crippen LogP contribution is -2.43. The van der Waals surface area contributed by atoms with Crippen molar-refractivity contribution in [2.75, 3.05) is 58.3 Å². The molecule has 0 aliphatic carbocycles. The quantitative estimate of drug-likeness (QED) is 0.350. The van der Waals surface area contributed by atoms with Gasteiger partial charge < -0.3 is 14.5 Å². The van der Waals surface area contributed by atoms with Crippen LogP contribution in [0.3, 0.4) is 0 Å². The summed E-state index contributed by atoms with van der Waals surface area (Å²) in [6.07, 6.45) is 6.00. The number of piperazine rings is 1. The monoisotopic (exact) mass is 541 g/mol. The van der Waals surface area contributed by atoms with E-state index >= 15 is 0 Å². The van der Waals surface area contributed by atoms with Crippen molar-refractivity contribution in [1.29, 1.82) is 0 Å². The molecule has 1 aromatic carbocycles. The first kappa shape index (κ1) is 26.6. The van der Waals surface area contributed by atoms with Crippen molar-refractivity contribution in [3.8, 4) is 17.1 Å². The van der Waals surface area contributed by atoms with Crippen molar-refractivity contribution in [2.24, 2.45) is 5.92 Å². The van der Waals surface area contributed by atoms with Crippen molar-refractivity contribution in [1.82, 2.24) is 39.3 Å². The molecule has 0 radical (unpaired) electrons. The number of nitrogens with zero attached hydrogens (tertiary/aromatic N) is 9. The Morgan fingerprint density at radius 2 is 1.75 bits per heavy atom. The Morgan fingerprint density at radius 3 is 2.50 bits per heavy atom. The van der Waals surface area contributed by atoms with E-state index in [1.54, 1.807) is 7.11 Å². The average molecular weight is 542 g/mol. The number of benzene rings is 1. The summed E-state index contributed by atoms with van der Waals surface area (Å²) in [7, 11) is 3.90. The highest BCUT2D eigenvalue weighted by atomic mass is 16.5. The zero-order valence-electron chi connectivity index (χ0n) is 24.3. The molecule has 10 nitrogen and oxygen atoms in total. The van der Waals surface area contributed by atoms with Crippen LogP contribution in [-0.2, 0) is 13.0 Å². The van der Waals surface area contributed by atoms with Crippen LogP contribution in [0, 0.1) is 26.7 Å². The van der Waals surface area contributed by atoms with E-state index in [0.29, 0.717) is 17.5 Å². The van der Waals surface area contributed by atoms with Gasteiger partial charge in [-0.05, 0) is 69.8 Å². The van der Waals surface area contributed by atoms with Crippen LogP contribution in [0.25, 0.3) is 17.2 Å². The highest BCUT2D eigenvalue weighted by Crippen LogP contribution is 2.31. The van der Waals surface area contributed by atoms with E-state index < -0.39 is 0 Å². The summed E-state index contributed by atoms with van der Waals surface area (Å²) in [6.45, 7) is 13.4. The maximum Gasteiger partial charge on any atom is 0.252 e. The molecule has 0 bridgehead atoms. The van der Waals surface area contributed by atoms with E-state index in [4.69, 9.17) is 19.7 Å². The van der Waals surface area contributed by atoms with Crippen LogP contribution in [0.2, 0.25) is 0 Å². The van der Waals surface area contributed by atoms with E-state index in [2.05, 4.69) is 63.9 Å². The molecule has 2 aliphatic rings. The summed E-state index contributed by atoms with van der Waals surface area (Å²) >= 11 is 0. The van der Waals surface area contributed by atoms with Crippen molar-refractivity contribution in [3.63, 3.8) is 0 Å². The van der Waals surface area contributed by atoms with E-state index in [-0.39, 0.29) is 0 Å². The van der Waals surface area contributed by atoms with Gasteiger partial charge in [-0.25, -0.2) is 19.5 Å². The molecular formula is C30H39N9O. The first-order chi connectivity index (χ1) is 19.4. The summed E-state index contributed by atoms with van der Waals surface area (Å²) in [4.78, 5) is 25.9. The number of hydrogen-bond donors (Lipinski definition) is 0. The lowest BCUT2D eigenvalue weighted by Gasteiger charge is -2.32. The van der Waals surface area contributed by atoms with Gasteiger partial charge in [0.05, 0.1) is 30.8 Å². The zero-order chi connectivity index (χ0) is 27.8. The number of hydrogen-bond acceptors (Lipinski definition) is 9. The number of ether oxygens (including phenoxy) is 1. The topological polar surface area (TPSA) is 87.8 Å². The van der Waals surface area contributed by atoms with Gasteiger partial charge in [-0.15, -0.1) is 0 Å². The molecule has 0 amide bonds. The van der Waals surface area contributed by atoms with Gasteiger partial charge in [0.15, 0.2) is 5.82 Å². The molecule has 2 saturated heterocycles. The SMILES string of the molecule is COc1cc(CN2CCN(C)CC2)ccc1-c1ncc(N2CCC(Cc3c(C)nc4nc(C)nn4c3C)C2)cn1. The fourth-order valence-electron chi connectivity index (χ4n) is 6.03. The molecule has 6 rings (SSSR count). The van der Waals surface area contributed by atoms with Gasteiger partial charge in [0.2, 0.25) is 0 Å². The molecule has 10 heteroatoms. The van der Waals surface area contributed by atoms with Crippen LogP contribution in [0.5, 0.6) is 5.75 Å². The Hall–Kier alpha value is -3.63. The van der Waals surface area contributed by atoms with Crippen LogP contribution in [0.4, 0.5) is 5.69 Å². The summed E-state index contributed by atoms with van der Waals surface area (Å²) in [5.74, 6) is 3.48. The summed E-state index contributed by atoms with van der Waals surface area (Å²) < 4.78 is 7.64. The maximum absolute atomic E-state index is 5.76. The maximum atomic E-state index is 5.76.